The molecular weight excluding hydrogens is 324 g/mol. The van der Waals surface area contributed by atoms with E-state index in [9.17, 15) is 4.79 Å². The highest BCUT2D eigenvalue weighted by Crippen LogP contribution is 2.22. The van der Waals surface area contributed by atoms with Gasteiger partial charge in [0, 0.05) is 31.1 Å². The second kappa shape index (κ2) is 8.99. The number of aryl methyl sites for hydroxylation is 1. The molecule has 1 aromatic carbocycles. The highest BCUT2D eigenvalue weighted by Gasteiger charge is 2.22. The van der Waals surface area contributed by atoms with Gasteiger partial charge in [0.1, 0.15) is 0 Å². The van der Waals surface area contributed by atoms with E-state index in [0.717, 1.165) is 50.3 Å². The number of aromatic amines is 1. The first kappa shape index (κ1) is 18.6. The molecule has 0 radical (unpaired) electrons. The van der Waals surface area contributed by atoms with Gasteiger partial charge in [0.25, 0.3) is 0 Å². The normalized spacial score (nSPS) is 17.2. The van der Waals surface area contributed by atoms with Crippen molar-refractivity contribution in [1.82, 2.24) is 20.4 Å². The molecule has 2 N–H and O–H groups in total. The van der Waals surface area contributed by atoms with Gasteiger partial charge < -0.3 is 5.32 Å². The first-order chi connectivity index (χ1) is 12.6. The van der Waals surface area contributed by atoms with Crippen molar-refractivity contribution in [2.24, 2.45) is 5.92 Å². The third-order valence-corrected chi connectivity index (χ3v) is 5.11. The second-order valence-electron chi connectivity index (χ2n) is 7.62. The number of amides is 1. The van der Waals surface area contributed by atoms with Crippen LogP contribution in [0.3, 0.4) is 0 Å². The molecule has 140 valence electrons. The smallest absolute Gasteiger partial charge is 0.220 e. The Balaban J connectivity index is 1.36. The maximum absolute atomic E-state index is 12.3. The van der Waals surface area contributed by atoms with Crippen molar-refractivity contribution in [2.75, 3.05) is 13.1 Å². The Bertz CT molecular complexity index is 689. The van der Waals surface area contributed by atoms with Gasteiger partial charge in [-0.2, -0.15) is 5.10 Å². The highest BCUT2D eigenvalue weighted by atomic mass is 16.1. The van der Waals surface area contributed by atoms with Crippen LogP contribution in [-0.4, -0.2) is 40.1 Å². The molecule has 1 fully saturated rings. The highest BCUT2D eigenvalue weighted by molar-refractivity contribution is 5.76. The number of H-pyrrole nitrogens is 1. The molecule has 0 saturated carbocycles. The molecule has 1 amide bonds. The monoisotopic (exact) mass is 354 g/mol. The van der Waals surface area contributed by atoms with Crippen LogP contribution in [0.25, 0.3) is 0 Å². The van der Waals surface area contributed by atoms with Crippen molar-refractivity contribution >= 4 is 5.91 Å². The molecule has 2 aromatic rings. The average Bonchev–Trinajstić information content (AvgIpc) is 3.02. The summed E-state index contributed by atoms with van der Waals surface area (Å²) in [6.07, 6.45) is 3.62. The third-order valence-electron chi connectivity index (χ3n) is 5.11. The number of nitrogens with zero attached hydrogens (tertiary/aromatic N) is 2. The van der Waals surface area contributed by atoms with E-state index in [1.165, 1.54) is 5.56 Å². The van der Waals surface area contributed by atoms with E-state index >= 15 is 0 Å². The Kier molecular flexibility index (Phi) is 6.45. The molecular formula is C21H30N4O. The molecule has 1 aliphatic rings. The molecule has 1 aromatic heterocycles. The molecule has 0 bridgehead atoms. The predicted octanol–water partition coefficient (Wildman–Crippen LogP) is 3.07. The summed E-state index contributed by atoms with van der Waals surface area (Å²) in [5.41, 5.74) is 3.43. The third kappa shape index (κ3) is 5.70. The van der Waals surface area contributed by atoms with Crippen molar-refractivity contribution in [2.45, 2.75) is 52.1 Å². The zero-order chi connectivity index (χ0) is 18.4. The Morgan fingerprint density at radius 3 is 2.69 bits per heavy atom. The lowest BCUT2D eigenvalue weighted by atomic mass is 9.92. The van der Waals surface area contributed by atoms with E-state index in [-0.39, 0.29) is 11.9 Å². The zero-order valence-corrected chi connectivity index (χ0v) is 15.9. The van der Waals surface area contributed by atoms with Crippen LogP contribution >= 0.6 is 0 Å². The quantitative estimate of drug-likeness (QED) is 0.803. The summed E-state index contributed by atoms with van der Waals surface area (Å²) in [6, 6.07) is 12.8. The molecule has 2 heterocycles. The van der Waals surface area contributed by atoms with Crippen LogP contribution in [-0.2, 0) is 17.8 Å². The first-order valence-electron chi connectivity index (χ1n) is 9.65. The van der Waals surface area contributed by atoms with Crippen LogP contribution in [0.2, 0.25) is 0 Å². The van der Waals surface area contributed by atoms with Gasteiger partial charge in [0.05, 0.1) is 5.69 Å². The molecule has 3 rings (SSSR count). The van der Waals surface area contributed by atoms with Gasteiger partial charge in [-0.05, 0) is 57.3 Å². The summed E-state index contributed by atoms with van der Waals surface area (Å²) in [5.74, 6) is 0.674. The number of benzene rings is 1. The van der Waals surface area contributed by atoms with Gasteiger partial charge >= 0.3 is 0 Å². The van der Waals surface area contributed by atoms with Gasteiger partial charge in [-0.1, -0.05) is 30.3 Å². The van der Waals surface area contributed by atoms with Gasteiger partial charge in [0.2, 0.25) is 5.91 Å². The summed E-state index contributed by atoms with van der Waals surface area (Å²) in [5, 5.41) is 10.3. The van der Waals surface area contributed by atoms with Gasteiger partial charge in [0.15, 0.2) is 0 Å². The largest absolute Gasteiger partial charge is 0.353 e. The average molecular weight is 354 g/mol. The molecule has 5 heteroatoms. The number of likely N-dealkylation sites (tertiary alicyclic amines) is 1. The van der Waals surface area contributed by atoms with Crippen LogP contribution in [0.5, 0.6) is 0 Å². The molecule has 5 nitrogen and oxygen atoms in total. The van der Waals surface area contributed by atoms with E-state index < -0.39 is 0 Å². The molecule has 26 heavy (non-hydrogen) atoms. The predicted molar refractivity (Wildman–Crippen MR) is 104 cm³/mol. The molecule has 1 atom stereocenters. The molecule has 0 spiro atoms. The summed E-state index contributed by atoms with van der Waals surface area (Å²) >= 11 is 0. The Labute approximate surface area is 156 Å². The van der Waals surface area contributed by atoms with Crippen molar-refractivity contribution in [1.29, 1.82) is 0 Å². The maximum atomic E-state index is 12.3. The minimum atomic E-state index is 0.114. The summed E-state index contributed by atoms with van der Waals surface area (Å²) in [7, 11) is 0. The van der Waals surface area contributed by atoms with E-state index in [2.05, 4.69) is 50.7 Å². The van der Waals surface area contributed by atoms with Crippen molar-refractivity contribution in [3.63, 3.8) is 0 Å². The van der Waals surface area contributed by atoms with Gasteiger partial charge in [-0.25, -0.2) is 0 Å². The van der Waals surface area contributed by atoms with Crippen LogP contribution in [0.4, 0.5) is 0 Å². The lowest BCUT2D eigenvalue weighted by Gasteiger charge is -2.31. The van der Waals surface area contributed by atoms with Crippen LogP contribution in [0.15, 0.2) is 36.4 Å². The summed E-state index contributed by atoms with van der Waals surface area (Å²) in [6.45, 7) is 7.21. The number of carbonyl (C=O) groups is 1. The van der Waals surface area contributed by atoms with Crippen LogP contribution in [0.1, 0.15) is 43.1 Å². The minimum absolute atomic E-state index is 0.114. The zero-order valence-electron chi connectivity index (χ0n) is 15.9. The fraction of sp³-hybridized carbons (Fsp3) is 0.524. The SMILES string of the molecule is Cc1cc(C[C@H](C)NC(=O)CC2CCN(Cc3ccccc3)CC2)n[nH]1. The second-order valence-corrected chi connectivity index (χ2v) is 7.62. The number of hydrogen-bond donors (Lipinski definition) is 2. The number of aromatic nitrogens is 2. The Hall–Kier alpha value is -2.14. The van der Waals surface area contributed by atoms with Gasteiger partial charge in [-0.3, -0.25) is 14.8 Å². The lowest BCUT2D eigenvalue weighted by Crippen LogP contribution is -2.38. The summed E-state index contributed by atoms with van der Waals surface area (Å²) in [4.78, 5) is 14.8. The van der Waals surface area contributed by atoms with E-state index in [1.807, 2.05) is 19.9 Å². The van der Waals surface area contributed by atoms with Crippen molar-refractivity contribution in [3.8, 4) is 0 Å². The fourth-order valence-electron chi connectivity index (χ4n) is 3.73. The number of carbonyl (C=O) groups excluding carboxylic acids is 1. The minimum Gasteiger partial charge on any atom is -0.353 e. The maximum Gasteiger partial charge on any atom is 0.220 e. The molecule has 1 aliphatic heterocycles. The fourth-order valence-corrected chi connectivity index (χ4v) is 3.73. The van der Waals surface area contributed by atoms with E-state index in [0.29, 0.717) is 12.3 Å². The molecule has 0 unspecified atom stereocenters. The molecule has 0 aliphatic carbocycles. The summed E-state index contributed by atoms with van der Waals surface area (Å²) < 4.78 is 0. The number of nitrogens with one attached hydrogen (secondary N) is 2. The van der Waals surface area contributed by atoms with Crippen molar-refractivity contribution < 1.29 is 4.79 Å². The topological polar surface area (TPSA) is 61.0 Å². The Morgan fingerprint density at radius 2 is 2.04 bits per heavy atom. The standard InChI is InChI=1S/C21H30N4O/c1-16(12-20-13-17(2)23-24-20)22-21(26)14-18-8-10-25(11-9-18)15-19-6-4-3-5-7-19/h3-7,13,16,18H,8-12,14-15H2,1-2H3,(H,22,26)(H,23,24)/t16-/m0/s1. The Morgan fingerprint density at radius 1 is 1.31 bits per heavy atom. The van der Waals surface area contributed by atoms with Gasteiger partial charge in [-0.15, -0.1) is 0 Å². The van der Waals surface area contributed by atoms with E-state index in [4.69, 9.17) is 0 Å². The van der Waals surface area contributed by atoms with Crippen LogP contribution in [0, 0.1) is 12.8 Å². The van der Waals surface area contributed by atoms with Crippen LogP contribution < -0.4 is 5.32 Å². The number of piperidine rings is 1. The van der Waals surface area contributed by atoms with E-state index in [1.54, 1.807) is 0 Å². The first-order valence-corrected chi connectivity index (χ1v) is 9.65. The number of hydrogen-bond acceptors (Lipinski definition) is 3. The molecule has 1 saturated heterocycles. The number of rotatable bonds is 7. The lowest BCUT2D eigenvalue weighted by molar-refractivity contribution is -0.123. The van der Waals surface area contributed by atoms with Crippen molar-refractivity contribution in [3.05, 3.63) is 53.3 Å².